The number of rotatable bonds is 7. The van der Waals surface area contributed by atoms with Gasteiger partial charge in [0.2, 0.25) is 0 Å². The van der Waals surface area contributed by atoms with Crippen molar-refractivity contribution in [2.24, 2.45) is 13.0 Å². The summed E-state index contributed by atoms with van der Waals surface area (Å²) < 4.78 is 45.7. The lowest BCUT2D eigenvalue weighted by molar-refractivity contribution is -0.874. The van der Waals surface area contributed by atoms with Gasteiger partial charge in [0.1, 0.15) is 11.3 Å². The molecule has 230 valence electrons. The van der Waals surface area contributed by atoms with Gasteiger partial charge in [-0.15, -0.1) is 0 Å². The molecule has 9 nitrogen and oxygen atoms in total. The summed E-state index contributed by atoms with van der Waals surface area (Å²) in [5.74, 6) is -0.0516. The van der Waals surface area contributed by atoms with E-state index < -0.39 is 23.2 Å². The Kier molecular flexibility index (Phi) is 8.27. The Morgan fingerprint density at radius 2 is 1.73 bits per heavy atom. The highest BCUT2D eigenvalue weighted by Crippen LogP contribution is 2.32. The number of aromatic nitrogens is 4. The number of quaternary nitrogens is 1. The largest absolute Gasteiger partial charge is 0.416 e. The highest BCUT2D eigenvalue weighted by Gasteiger charge is 2.33. The third kappa shape index (κ3) is 6.33. The molecule has 44 heavy (non-hydrogen) atoms. The second kappa shape index (κ2) is 11.8. The number of nitrogens with one attached hydrogen (secondary N) is 1. The lowest BCUT2D eigenvalue weighted by Crippen LogP contribution is -2.43. The van der Waals surface area contributed by atoms with Crippen LogP contribution in [0.5, 0.6) is 0 Å². The van der Waals surface area contributed by atoms with E-state index >= 15 is 0 Å². The molecule has 1 amide bonds. The molecule has 12 heteroatoms. The van der Waals surface area contributed by atoms with Crippen molar-refractivity contribution in [3.05, 3.63) is 87.8 Å². The van der Waals surface area contributed by atoms with E-state index in [4.69, 9.17) is 0 Å². The van der Waals surface area contributed by atoms with Crippen molar-refractivity contribution in [3.63, 3.8) is 0 Å². The first kappa shape index (κ1) is 30.8. The van der Waals surface area contributed by atoms with E-state index in [2.05, 4.69) is 37.6 Å². The van der Waals surface area contributed by atoms with Crippen LogP contribution in [0, 0.1) is 17.2 Å². The number of nitriles is 1. The molecule has 2 aromatic heterocycles. The van der Waals surface area contributed by atoms with Crippen LogP contribution in [0.15, 0.2) is 65.6 Å². The molecule has 1 aliphatic carbocycles. The van der Waals surface area contributed by atoms with Crippen LogP contribution in [-0.2, 0) is 13.2 Å². The monoisotopic (exact) mass is 606 g/mol. The third-order valence-electron chi connectivity index (χ3n) is 8.03. The van der Waals surface area contributed by atoms with Gasteiger partial charge in [0.15, 0.2) is 0 Å². The second-order valence-corrected chi connectivity index (χ2v) is 12.4. The Bertz CT molecular complexity index is 1760. The number of halogens is 3. The van der Waals surface area contributed by atoms with Crippen molar-refractivity contribution in [2.75, 3.05) is 27.7 Å². The van der Waals surface area contributed by atoms with Crippen molar-refractivity contribution in [1.29, 1.82) is 5.26 Å². The molecule has 0 atom stereocenters. The standard InChI is InChI=1S/C32H34F3N7O2/c1-39-29(27-16-17-37-40(27)25-14-10-21(19-36)11-15-25)28(30(43)38-24-12-8-22(9-13-24)20-42(2,3)4)31(44)41(39)26-7-5-6-23(18-26)32(33,34)35/h5-7,10-11,14-18,22,24H,8-9,12-13,20H2,1-4H3/p+1. The van der Waals surface area contributed by atoms with Gasteiger partial charge in [-0.1, -0.05) is 6.07 Å². The SMILES string of the molecule is Cn1c(-c2ccnn2-c2ccc(C#N)cc2)c(C(=O)NC2CCC(C[N+](C)(C)C)CC2)c(=O)n1-c1cccc(C(F)(F)F)c1. The molecule has 1 aliphatic rings. The maximum absolute atomic E-state index is 14.0. The van der Waals surface area contributed by atoms with Crippen molar-refractivity contribution < 1.29 is 22.4 Å². The molecule has 1 saturated carbocycles. The van der Waals surface area contributed by atoms with E-state index in [9.17, 15) is 28.0 Å². The average molecular weight is 607 g/mol. The summed E-state index contributed by atoms with van der Waals surface area (Å²) in [5, 5.41) is 16.7. The number of carbonyl (C=O) groups is 1. The first-order valence-corrected chi connectivity index (χ1v) is 14.4. The summed E-state index contributed by atoms with van der Waals surface area (Å²) in [4.78, 5) is 28.0. The van der Waals surface area contributed by atoms with Gasteiger partial charge in [0.05, 0.1) is 68.1 Å². The van der Waals surface area contributed by atoms with Crippen LogP contribution in [0.2, 0.25) is 0 Å². The van der Waals surface area contributed by atoms with Crippen LogP contribution in [0.3, 0.4) is 0 Å². The van der Waals surface area contributed by atoms with Crippen LogP contribution < -0.4 is 10.9 Å². The van der Waals surface area contributed by atoms with Crippen molar-refractivity contribution in [1.82, 2.24) is 24.5 Å². The Hall–Kier alpha value is -4.63. The number of nitrogens with zero attached hydrogens (tertiary/aromatic N) is 6. The Balaban J connectivity index is 1.58. The minimum absolute atomic E-state index is 0.0297. The van der Waals surface area contributed by atoms with E-state index in [0.29, 0.717) is 22.9 Å². The topological polar surface area (TPSA) is 97.6 Å². The molecule has 1 fully saturated rings. The summed E-state index contributed by atoms with van der Waals surface area (Å²) in [5.41, 5.74) is -0.268. The van der Waals surface area contributed by atoms with Gasteiger partial charge in [-0.3, -0.25) is 14.3 Å². The molecule has 0 radical (unpaired) electrons. The van der Waals surface area contributed by atoms with Crippen LogP contribution in [0.4, 0.5) is 13.2 Å². The fourth-order valence-corrected chi connectivity index (χ4v) is 6.10. The van der Waals surface area contributed by atoms with E-state index in [-0.39, 0.29) is 23.0 Å². The molecule has 2 heterocycles. The number of hydrogen-bond acceptors (Lipinski definition) is 4. The van der Waals surface area contributed by atoms with E-state index in [1.807, 2.05) is 0 Å². The van der Waals surface area contributed by atoms with Gasteiger partial charge < -0.3 is 9.80 Å². The lowest BCUT2D eigenvalue weighted by Gasteiger charge is -2.34. The Labute approximate surface area is 253 Å². The molecular weight excluding hydrogens is 571 g/mol. The number of hydrogen-bond donors (Lipinski definition) is 1. The van der Waals surface area contributed by atoms with Crippen LogP contribution in [-0.4, -0.2) is 63.3 Å². The molecule has 0 aliphatic heterocycles. The lowest BCUT2D eigenvalue weighted by atomic mass is 9.85. The first-order chi connectivity index (χ1) is 20.8. The summed E-state index contributed by atoms with van der Waals surface area (Å²) in [6.07, 6.45) is 0.320. The van der Waals surface area contributed by atoms with Crippen LogP contribution >= 0.6 is 0 Å². The minimum atomic E-state index is -4.62. The number of carbonyl (C=O) groups excluding carboxylic acids is 1. The fourth-order valence-electron chi connectivity index (χ4n) is 6.10. The molecule has 0 unspecified atom stereocenters. The normalized spacial score (nSPS) is 17.3. The molecule has 0 bridgehead atoms. The average Bonchev–Trinajstić information content (AvgIpc) is 3.54. The smallest absolute Gasteiger partial charge is 0.349 e. The second-order valence-electron chi connectivity index (χ2n) is 12.4. The van der Waals surface area contributed by atoms with E-state index in [1.54, 1.807) is 30.3 Å². The number of alkyl halides is 3. The molecule has 0 saturated heterocycles. The van der Waals surface area contributed by atoms with E-state index in [1.165, 1.54) is 34.7 Å². The molecule has 1 N–H and O–H groups in total. The van der Waals surface area contributed by atoms with Crippen molar-refractivity contribution in [3.8, 4) is 28.8 Å². The summed E-state index contributed by atoms with van der Waals surface area (Å²) in [6, 6.07) is 14.6. The van der Waals surface area contributed by atoms with Gasteiger partial charge in [-0.05, 0) is 74.2 Å². The Morgan fingerprint density at radius 1 is 1.05 bits per heavy atom. The van der Waals surface area contributed by atoms with Crippen molar-refractivity contribution >= 4 is 5.91 Å². The predicted molar refractivity (Wildman–Crippen MR) is 159 cm³/mol. The number of benzene rings is 2. The quantitative estimate of drug-likeness (QED) is 0.302. The minimum Gasteiger partial charge on any atom is -0.349 e. The molecule has 4 aromatic rings. The zero-order valence-corrected chi connectivity index (χ0v) is 25.1. The highest BCUT2D eigenvalue weighted by molar-refractivity contribution is 6.00. The maximum atomic E-state index is 14.0. The first-order valence-electron chi connectivity index (χ1n) is 14.4. The predicted octanol–water partition coefficient (Wildman–Crippen LogP) is 4.91. The summed E-state index contributed by atoms with van der Waals surface area (Å²) in [7, 11) is 7.99. The van der Waals surface area contributed by atoms with Crippen LogP contribution in [0.25, 0.3) is 22.8 Å². The molecule has 0 spiro atoms. The zero-order valence-electron chi connectivity index (χ0n) is 25.1. The van der Waals surface area contributed by atoms with Gasteiger partial charge in [0.25, 0.3) is 11.5 Å². The Morgan fingerprint density at radius 3 is 2.34 bits per heavy atom. The molecule has 5 rings (SSSR count). The highest BCUT2D eigenvalue weighted by atomic mass is 19.4. The van der Waals surface area contributed by atoms with E-state index in [0.717, 1.165) is 53.5 Å². The fraction of sp³-hybridized carbons (Fsp3) is 0.375. The van der Waals surface area contributed by atoms with Gasteiger partial charge in [-0.2, -0.15) is 23.5 Å². The van der Waals surface area contributed by atoms with Gasteiger partial charge >= 0.3 is 6.18 Å². The van der Waals surface area contributed by atoms with Gasteiger partial charge in [-0.25, -0.2) is 9.36 Å². The van der Waals surface area contributed by atoms with Gasteiger partial charge in [0, 0.05) is 19.0 Å². The summed E-state index contributed by atoms with van der Waals surface area (Å²) >= 11 is 0. The summed E-state index contributed by atoms with van der Waals surface area (Å²) in [6.45, 7) is 1.03. The maximum Gasteiger partial charge on any atom is 0.416 e. The number of amides is 1. The van der Waals surface area contributed by atoms with Crippen LogP contribution in [0.1, 0.15) is 47.2 Å². The zero-order chi connectivity index (χ0) is 31.8. The molecular formula is C32H35F3N7O2+. The third-order valence-corrected chi connectivity index (χ3v) is 8.03. The van der Waals surface area contributed by atoms with Crippen molar-refractivity contribution in [2.45, 2.75) is 37.9 Å². The molecule has 2 aromatic carbocycles.